The second-order valence-electron chi connectivity index (χ2n) is 6.51. The molecule has 5 unspecified atom stereocenters. The number of carboxylic acid groups (broad SMARTS) is 1. The van der Waals surface area contributed by atoms with Crippen LogP contribution in [0.25, 0.3) is 0 Å². The summed E-state index contributed by atoms with van der Waals surface area (Å²) in [6, 6.07) is -0.538. The fourth-order valence-corrected chi connectivity index (χ4v) is 4.27. The molecule has 2 saturated carbocycles. The molecule has 1 saturated heterocycles. The number of carboxylic acids is 1. The zero-order valence-electron chi connectivity index (χ0n) is 11.8. The number of carbonyl (C=O) groups excluding carboxylic acids is 2. The van der Waals surface area contributed by atoms with E-state index in [0.29, 0.717) is 19.5 Å². The van der Waals surface area contributed by atoms with Crippen LogP contribution < -0.4 is 11.1 Å². The maximum absolute atomic E-state index is 12.3. The van der Waals surface area contributed by atoms with Crippen molar-refractivity contribution in [2.45, 2.75) is 31.7 Å². The Labute approximate surface area is 122 Å². The average Bonchev–Trinajstić information content (AvgIpc) is 3.13. The first-order valence-corrected chi connectivity index (χ1v) is 7.55. The Balaban J connectivity index is 1.62. The molecule has 116 valence electrons. The summed E-state index contributed by atoms with van der Waals surface area (Å²) in [6.07, 6.45) is 3.42. The second kappa shape index (κ2) is 5.20. The van der Waals surface area contributed by atoms with Crippen molar-refractivity contribution in [3.8, 4) is 0 Å². The van der Waals surface area contributed by atoms with E-state index in [2.05, 4.69) is 5.32 Å². The standard InChI is InChI=1S/C14H21N3O4/c15-12(18)9-3-4-17(6-9)14(21)16-11-8-2-1-7(5-8)10(11)13(19)20/h7-11H,1-6H2,(H2,15,18)(H,16,21)(H,19,20). The highest BCUT2D eigenvalue weighted by molar-refractivity contribution is 5.81. The van der Waals surface area contributed by atoms with Crippen molar-refractivity contribution in [2.24, 2.45) is 29.4 Å². The highest BCUT2D eigenvalue weighted by Crippen LogP contribution is 2.48. The molecule has 2 bridgehead atoms. The molecule has 21 heavy (non-hydrogen) atoms. The first kappa shape index (κ1) is 14.2. The van der Waals surface area contributed by atoms with Gasteiger partial charge in [0.25, 0.3) is 0 Å². The number of carbonyl (C=O) groups is 3. The van der Waals surface area contributed by atoms with E-state index >= 15 is 0 Å². The zero-order valence-corrected chi connectivity index (χ0v) is 11.8. The molecule has 0 radical (unpaired) electrons. The number of nitrogens with two attached hydrogens (primary N) is 1. The Hall–Kier alpha value is -1.79. The summed E-state index contributed by atoms with van der Waals surface area (Å²) in [5, 5.41) is 12.3. The lowest BCUT2D eigenvalue weighted by molar-refractivity contribution is -0.144. The van der Waals surface area contributed by atoms with E-state index in [1.54, 1.807) is 4.90 Å². The molecule has 3 fully saturated rings. The van der Waals surface area contributed by atoms with Crippen molar-refractivity contribution in [3.05, 3.63) is 0 Å². The minimum absolute atomic E-state index is 0.190. The maximum atomic E-state index is 12.3. The van der Waals surface area contributed by atoms with Crippen LogP contribution in [0.1, 0.15) is 25.7 Å². The predicted molar refractivity (Wildman–Crippen MR) is 73.2 cm³/mol. The molecule has 3 rings (SSSR count). The molecule has 3 aliphatic rings. The van der Waals surface area contributed by atoms with Gasteiger partial charge in [0.15, 0.2) is 0 Å². The minimum atomic E-state index is -0.816. The lowest BCUT2D eigenvalue weighted by atomic mass is 9.84. The van der Waals surface area contributed by atoms with Crippen molar-refractivity contribution in [1.29, 1.82) is 0 Å². The molecule has 0 aromatic carbocycles. The van der Waals surface area contributed by atoms with E-state index in [-0.39, 0.29) is 35.7 Å². The Bertz CT molecular complexity index is 481. The third-order valence-corrected chi connectivity index (χ3v) is 5.37. The molecule has 4 N–H and O–H groups in total. The molecule has 1 aliphatic heterocycles. The number of aliphatic carboxylic acids is 1. The van der Waals surface area contributed by atoms with E-state index in [4.69, 9.17) is 5.73 Å². The van der Waals surface area contributed by atoms with Gasteiger partial charge in [-0.3, -0.25) is 9.59 Å². The predicted octanol–water partition coefficient (Wildman–Crippen LogP) is 0.00250. The van der Waals surface area contributed by atoms with Gasteiger partial charge >= 0.3 is 12.0 Å². The van der Waals surface area contributed by atoms with Crippen LogP contribution in [0.2, 0.25) is 0 Å². The number of fused-ring (bicyclic) bond motifs is 2. The van der Waals surface area contributed by atoms with Gasteiger partial charge in [-0.1, -0.05) is 0 Å². The Morgan fingerprint density at radius 2 is 1.86 bits per heavy atom. The molecular weight excluding hydrogens is 274 g/mol. The number of amides is 3. The van der Waals surface area contributed by atoms with E-state index in [1.165, 1.54) is 0 Å². The third kappa shape index (κ3) is 2.45. The second-order valence-corrected chi connectivity index (χ2v) is 6.51. The van der Waals surface area contributed by atoms with Crippen LogP contribution in [0.3, 0.4) is 0 Å². The highest BCUT2D eigenvalue weighted by atomic mass is 16.4. The Morgan fingerprint density at radius 1 is 1.14 bits per heavy atom. The number of primary amides is 1. The van der Waals surface area contributed by atoms with Crippen LogP contribution in [0.4, 0.5) is 4.79 Å². The van der Waals surface area contributed by atoms with Gasteiger partial charge in [-0.2, -0.15) is 0 Å². The molecular formula is C14H21N3O4. The van der Waals surface area contributed by atoms with E-state index < -0.39 is 11.9 Å². The summed E-state index contributed by atoms with van der Waals surface area (Å²) in [6.45, 7) is 0.831. The van der Waals surface area contributed by atoms with Crippen LogP contribution in [-0.4, -0.2) is 47.0 Å². The van der Waals surface area contributed by atoms with Crippen molar-refractivity contribution in [1.82, 2.24) is 10.2 Å². The van der Waals surface area contributed by atoms with Crippen LogP contribution >= 0.6 is 0 Å². The number of hydrogen-bond acceptors (Lipinski definition) is 3. The smallest absolute Gasteiger partial charge is 0.317 e. The molecule has 5 atom stereocenters. The minimum Gasteiger partial charge on any atom is -0.481 e. The van der Waals surface area contributed by atoms with E-state index in [1.807, 2.05) is 0 Å². The number of rotatable bonds is 3. The summed E-state index contributed by atoms with van der Waals surface area (Å²) < 4.78 is 0. The SMILES string of the molecule is NC(=O)C1CCN(C(=O)NC2C3CCC(C3)C2C(=O)O)C1. The first-order valence-electron chi connectivity index (χ1n) is 7.55. The molecule has 7 heteroatoms. The Kier molecular flexibility index (Phi) is 3.51. The van der Waals surface area contributed by atoms with Crippen LogP contribution in [-0.2, 0) is 9.59 Å². The van der Waals surface area contributed by atoms with Gasteiger partial charge in [0.05, 0.1) is 11.8 Å². The maximum Gasteiger partial charge on any atom is 0.317 e. The van der Waals surface area contributed by atoms with Crippen LogP contribution in [0.5, 0.6) is 0 Å². The Morgan fingerprint density at radius 3 is 2.48 bits per heavy atom. The molecule has 7 nitrogen and oxygen atoms in total. The first-order chi connectivity index (χ1) is 9.97. The number of nitrogens with one attached hydrogen (secondary N) is 1. The lowest BCUT2D eigenvalue weighted by Crippen LogP contribution is -2.51. The van der Waals surface area contributed by atoms with Crippen LogP contribution in [0, 0.1) is 23.7 Å². The molecule has 0 aromatic rings. The van der Waals surface area contributed by atoms with E-state index in [9.17, 15) is 19.5 Å². The number of likely N-dealkylation sites (tertiary alicyclic amines) is 1. The van der Waals surface area contributed by atoms with Crippen LogP contribution in [0.15, 0.2) is 0 Å². The molecule has 1 heterocycles. The number of hydrogen-bond donors (Lipinski definition) is 3. The molecule has 0 spiro atoms. The lowest BCUT2D eigenvalue weighted by Gasteiger charge is -2.30. The summed E-state index contributed by atoms with van der Waals surface area (Å²) in [7, 11) is 0. The van der Waals surface area contributed by atoms with Gasteiger partial charge in [0, 0.05) is 19.1 Å². The monoisotopic (exact) mass is 295 g/mol. The van der Waals surface area contributed by atoms with Gasteiger partial charge in [-0.25, -0.2) is 4.79 Å². The molecule has 3 amide bonds. The summed E-state index contributed by atoms with van der Waals surface area (Å²) in [5.74, 6) is -1.49. The fraction of sp³-hybridized carbons (Fsp3) is 0.786. The summed E-state index contributed by atoms with van der Waals surface area (Å²) in [5.41, 5.74) is 5.26. The molecule has 2 aliphatic carbocycles. The average molecular weight is 295 g/mol. The topological polar surface area (TPSA) is 113 Å². The normalized spacial score (nSPS) is 37.7. The number of urea groups is 1. The van der Waals surface area contributed by atoms with Gasteiger partial charge in [0.2, 0.25) is 5.91 Å². The van der Waals surface area contributed by atoms with Crippen molar-refractivity contribution in [3.63, 3.8) is 0 Å². The summed E-state index contributed by atoms with van der Waals surface area (Å²) >= 11 is 0. The third-order valence-electron chi connectivity index (χ3n) is 5.37. The van der Waals surface area contributed by atoms with Gasteiger partial charge in [-0.05, 0) is 37.5 Å². The van der Waals surface area contributed by atoms with Crippen molar-refractivity contribution < 1.29 is 19.5 Å². The van der Waals surface area contributed by atoms with Crippen molar-refractivity contribution >= 4 is 17.9 Å². The zero-order chi connectivity index (χ0) is 15.1. The summed E-state index contributed by atoms with van der Waals surface area (Å²) in [4.78, 5) is 36.4. The van der Waals surface area contributed by atoms with Gasteiger partial charge < -0.3 is 21.1 Å². The largest absolute Gasteiger partial charge is 0.481 e. The van der Waals surface area contributed by atoms with E-state index in [0.717, 1.165) is 19.3 Å². The van der Waals surface area contributed by atoms with Gasteiger partial charge in [-0.15, -0.1) is 0 Å². The fourth-order valence-electron chi connectivity index (χ4n) is 4.27. The van der Waals surface area contributed by atoms with Gasteiger partial charge in [0.1, 0.15) is 0 Å². The highest BCUT2D eigenvalue weighted by Gasteiger charge is 2.52. The van der Waals surface area contributed by atoms with Crippen molar-refractivity contribution in [2.75, 3.05) is 13.1 Å². The quantitative estimate of drug-likeness (QED) is 0.680. The molecule has 0 aromatic heterocycles. The number of nitrogens with zero attached hydrogens (tertiary/aromatic N) is 1.